The summed E-state index contributed by atoms with van der Waals surface area (Å²) in [6.07, 6.45) is 2.75. The number of hydrogen-bond acceptors (Lipinski definition) is 3. The number of sulfonamides is 1. The second kappa shape index (κ2) is 8.64. The monoisotopic (exact) mass is 420 g/mol. The summed E-state index contributed by atoms with van der Waals surface area (Å²) in [7, 11) is -3.63. The molecule has 2 aromatic carbocycles. The number of amides is 1. The number of piperidine rings is 1. The lowest BCUT2D eigenvalue weighted by atomic mass is 10.1. The molecule has 1 N–H and O–H groups in total. The van der Waals surface area contributed by atoms with Gasteiger partial charge in [0.25, 0.3) is 5.91 Å². The Hall–Kier alpha value is -1.89. The molecular weight excluding hydrogens is 396 g/mol. The molecule has 0 radical (unpaired) electrons. The number of rotatable bonds is 5. The summed E-state index contributed by atoms with van der Waals surface area (Å²) in [6, 6.07) is 12.0. The fourth-order valence-corrected chi connectivity index (χ4v) is 5.05. The Morgan fingerprint density at radius 3 is 2.36 bits per heavy atom. The summed E-state index contributed by atoms with van der Waals surface area (Å²) >= 11 is 6.21. The van der Waals surface area contributed by atoms with Crippen molar-refractivity contribution < 1.29 is 13.2 Å². The van der Waals surface area contributed by atoms with Crippen LogP contribution in [0.1, 0.15) is 53.7 Å². The third kappa shape index (κ3) is 4.57. The number of aryl methyl sites for hydroxylation is 1. The minimum atomic E-state index is -3.63. The molecule has 1 heterocycles. The van der Waals surface area contributed by atoms with Crippen LogP contribution in [0.4, 0.5) is 0 Å². The Labute approximate surface area is 171 Å². The molecule has 0 aliphatic carbocycles. The summed E-state index contributed by atoms with van der Waals surface area (Å²) in [5.74, 6) is -0.395. The van der Waals surface area contributed by atoms with Crippen LogP contribution < -0.4 is 5.32 Å². The van der Waals surface area contributed by atoms with E-state index in [-0.39, 0.29) is 21.5 Å². The second-order valence-electron chi connectivity index (χ2n) is 7.21. The molecule has 0 bridgehead atoms. The van der Waals surface area contributed by atoms with Gasteiger partial charge < -0.3 is 5.32 Å². The average Bonchev–Trinajstić information content (AvgIpc) is 2.69. The normalized spacial score (nSPS) is 16.5. The number of hydrogen-bond donors (Lipinski definition) is 1. The number of carbonyl (C=O) groups is 1. The van der Waals surface area contributed by atoms with Crippen LogP contribution in [-0.2, 0) is 10.0 Å². The van der Waals surface area contributed by atoms with Crippen LogP contribution in [0.2, 0.25) is 5.02 Å². The predicted molar refractivity (Wildman–Crippen MR) is 111 cm³/mol. The molecule has 1 aliphatic heterocycles. The molecule has 5 nitrogen and oxygen atoms in total. The van der Waals surface area contributed by atoms with Gasteiger partial charge in [-0.3, -0.25) is 4.79 Å². The highest BCUT2D eigenvalue weighted by Gasteiger charge is 2.27. The maximum absolute atomic E-state index is 12.9. The zero-order valence-electron chi connectivity index (χ0n) is 16.1. The Balaban J connectivity index is 1.82. The molecule has 0 spiro atoms. The van der Waals surface area contributed by atoms with Crippen LogP contribution >= 0.6 is 11.6 Å². The lowest BCUT2D eigenvalue weighted by Crippen LogP contribution is -2.35. The smallest absolute Gasteiger partial charge is 0.253 e. The molecule has 7 heteroatoms. The van der Waals surface area contributed by atoms with E-state index in [0.29, 0.717) is 13.1 Å². The molecular formula is C21H25ClN2O3S. The number of benzene rings is 2. The van der Waals surface area contributed by atoms with Gasteiger partial charge in [0.1, 0.15) is 0 Å². The topological polar surface area (TPSA) is 66.5 Å². The maximum Gasteiger partial charge on any atom is 0.253 e. The van der Waals surface area contributed by atoms with Gasteiger partial charge in [-0.25, -0.2) is 8.42 Å². The summed E-state index contributed by atoms with van der Waals surface area (Å²) in [4.78, 5) is 12.9. The van der Waals surface area contributed by atoms with E-state index in [1.54, 1.807) is 0 Å². The second-order valence-corrected chi connectivity index (χ2v) is 9.56. The number of carbonyl (C=O) groups excluding carboxylic acids is 1. The average molecular weight is 421 g/mol. The molecule has 0 unspecified atom stereocenters. The standard InChI is InChI=1S/C21H25ClN2O3S/c1-15-6-8-17(9-7-15)16(2)23-21(25)19-14-18(10-11-20(19)22)28(26,27)24-12-4-3-5-13-24/h6-11,14,16H,3-5,12-13H2,1-2H3,(H,23,25)/t16-/m1/s1. The first-order valence-corrected chi connectivity index (χ1v) is 11.3. The maximum atomic E-state index is 12.9. The molecule has 0 saturated carbocycles. The SMILES string of the molecule is Cc1ccc([C@@H](C)NC(=O)c2cc(S(=O)(=O)N3CCCCC3)ccc2Cl)cc1. The number of halogens is 1. The first-order valence-electron chi connectivity index (χ1n) is 9.46. The highest BCUT2D eigenvalue weighted by molar-refractivity contribution is 7.89. The Bertz CT molecular complexity index is 952. The van der Waals surface area contributed by atoms with Crippen LogP contribution in [0.25, 0.3) is 0 Å². The van der Waals surface area contributed by atoms with Crippen LogP contribution in [-0.4, -0.2) is 31.7 Å². The van der Waals surface area contributed by atoms with Gasteiger partial charge in [0, 0.05) is 13.1 Å². The fourth-order valence-electron chi connectivity index (χ4n) is 3.31. The van der Waals surface area contributed by atoms with Gasteiger partial charge in [0.2, 0.25) is 10.0 Å². The van der Waals surface area contributed by atoms with E-state index in [1.807, 2.05) is 38.1 Å². The quantitative estimate of drug-likeness (QED) is 0.783. The van der Waals surface area contributed by atoms with Crippen molar-refractivity contribution >= 4 is 27.5 Å². The highest BCUT2D eigenvalue weighted by Crippen LogP contribution is 2.26. The van der Waals surface area contributed by atoms with E-state index in [9.17, 15) is 13.2 Å². The van der Waals surface area contributed by atoms with Gasteiger partial charge >= 0.3 is 0 Å². The van der Waals surface area contributed by atoms with Gasteiger partial charge in [-0.2, -0.15) is 4.31 Å². The summed E-state index contributed by atoms with van der Waals surface area (Å²) in [5.41, 5.74) is 2.27. The zero-order valence-corrected chi connectivity index (χ0v) is 17.7. The van der Waals surface area contributed by atoms with Crippen LogP contribution in [0.3, 0.4) is 0 Å². The van der Waals surface area contributed by atoms with E-state index < -0.39 is 15.9 Å². The van der Waals surface area contributed by atoms with Crippen molar-refractivity contribution in [2.45, 2.75) is 44.0 Å². The van der Waals surface area contributed by atoms with Crippen LogP contribution in [0, 0.1) is 6.92 Å². The predicted octanol–water partition coefficient (Wildman–Crippen LogP) is 4.31. The van der Waals surface area contributed by atoms with E-state index in [2.05, 4.69) is 5.32 Å². The van der Waals surface area contributed by atoms with Crippen molar-refractivity contribution in [1.82, 2.24) is 9.62 Å². The van der Waals surface area contributed by atoms with E-state index in [1.165, 1.54) is 22.5 Å². The van der Waals surface area contributed by atoms with Gasteiger partial charge in [-0.1, -0.05) is 47.9 Å². The Morgan fingerprint density at radius 1 is 1.07 bits per heavy atom. The molecule has 1 aliphatic rings. The molecule has 1 saturated heterocycles. The van der Waals surface area contributed by atoms with Crippen molar-refractivity contribution in [1.29, 1.82) is 0 Å². The number of nitrogens with one attached hydrogen (secondary N) is 1. The first-order chi connectivity index (χ1) is 13.3. The summed E-state index contributed by atoms with van der Waals surface area (Å²) in [6.45, 7) is 4.90. The van der Waals surface area contributed by atoms with E-state index in [4.69, 9.17) is 11.6 Å². The molecule has 150 valence electrons. The third-order valence-electron chi connectivity index (χ3n) is 5.06. The van der Waals surface area contributed by atoms with Crippen molar-refractivity contribution in [3.63, 3.8) is 0 Å². The Kier molecular flexibility index (Phi) is 6.43. The van der Waals surface area contributed by atoms with Crippen LogP contribution in [0.15, 0.2) is 47.4 Å². The fraction of sp³-hybridized carbons (Fsp3) is 0.381. The van der Waals surface area contributed by atoms with Gasteiger partial charge in [0.15, 0.2) is 0 Å². The van der Waals surface area contributed by atoms with E-state index >= 15 is 0 Å². The zero-order chi connectivity index (χ0) is 20.3. The minimum Gasteiger partial charge on any atom is -0.345 e. The van der Waals surface area contributed by atoms with Gasteiger partial charge in [0.05, 0.1) is 21.5 Å². The summed E-state index contributed by atoms with van der Waals surface area (Å²) in [5, 5.41) is 3.13. The van der Waals surface area contributed by atoms with Crippen LogP contribution in [0.5, 0.6) is 0 Å². The van der Waals surface area contributed by atoms with Crippen molar-refractivity contribution in [2.75, 3.05) is 13.1 Å². The largest absolute Gasteiger partial charge is 0.345 e. The highest BCUT2D eigenvalue weighted by atomic mass is 35.5. The third-order valence-corrected chi connectivity index (χ3v) is 7.28. The van der Waals surface area contributed by atoms with Crippen molar-refractivity contribution in [3.8, 4) is 0 Å². The molecule has 1 fully saturated rings. The molecule has 3 rings (SSSR count). The molecule has 28 heavy (non-hydrogen) atoms. The molecule has 2 aromatic rings. The van der Waals surface area contributed by atoms with E-state index in [0.717, 1.165) is 30.4 Å². The molecule has 0 aromatic heterocycles. The minimum absolute atomic E-state index is 0.104. The molecule has 1 amide bonds. The lowest BCUT2D eigenvalue weighted by molar-refractivity contribution is 0.0940. The Morgan fingerprint density at radius 2 is 1.71 bits per heavy atom. The van der Waals surface area contributed by atoms with Gasteiger partial charge in [-0.15, -0.1) is 0 Å². The lowest BCUT2D eigenvalue weighted by Gasteiger charge is -2.26. The van der Waals surface area contributed by atoms with Crippen molar-refractivity contribution in [2.24, 2.45) is 0 Å². The van der Waals surface area contributed by atoms with Gasteiger partial charge in [-0.05, 0) is 50.5 Å². The molecule has 1 atom stereocenters. The summed E-state index contributed by atoms with van der Waals surface area (Å²) < 4.78 is 27.3. The van der Waals surface area contributed by atoms with Crippen molar-refractivity contribution in [3.05, 3.63) is 64.2 Å². The number of nitrogens with zero attached hydrogens (tertiary/aromatic N) is 1. The first kappa shape index (κ1) is 20.8.